The van der Waals surface area contributed by atoms with Gasteiger partial charge < -0.3 is 15.3 Å². The summed E-state index contributed by atoms with van der Waals surface area (Å²) in [6, 6.07) is 19.0. The van der Waals surface area contributed by atoms with Crippen LogP contribution >= 0.6 is 0 Å². The van der Waals surface area contributed by atoms with Gasteiger partial charge in [-0.25, -0.2) is 4.79 Å². The van der Waals surface area contributed by atoms with Crippen molar-refractivity contribution in [3.05, 3.63) is 101 Å². The van der Waals surface area contributed by atoms with Crippen LogP contribution in [0.5, 0.6) is 0 Å². The minimum Gasteiger partial charge on any atom is -0.480 e. The summed E-state index contributed by atoms with van der Waals surface area (Å²) >= 11 is 0. The van der Waals surface area contributed by atoms with Crippen molar-refractivity contribution in [2.75, 3.05) is 0 Å². The maximum atomic E-state index is 13.2. The highest BCUT2D eigenvalue weighted by Crippen LogP contribution is 2.16. The SMILES string of the molecule is CC(C)[C@H](NC(=O)c1cccc(CN(Cc2ccccc2)C(=O)c2cccnc2)c1)C(=O)O. The number of nitrogens with one attached hydrogen (secondary N) is 1. The van der Waals surface area contributed by atoms with Gasteiger partial charge in [-0.3, -0.25) is 14.6 Å². The largest absolute Gasteiger partial charge is 0.480 e. The number of carboxylic acid groups (broad SMARTS) is 1. The topological polar surface area (TPSA) is 99.6 Å². The van der Waals surface area contributed by atoms with Crippen molar-refractivity contribution in [1.29, 1.82) is 0 Å². The lowest BCUT2D eigenvalue weighted by atomic mass is 10.0. The van der Waals surface area contributed by atoms with Crippen LogP contribution in [-0.4, -0.2) is 38.8 Å². The average molecular weight is 446 g/mol. The van der Waals surface area contributed by atoms with Gasteiger partial charge in [-0.05, 0) is 41.3 Å². The van der Waals surface area contributed by atoms with Crippen LogP contribution in [0.2, 0.25) is 0 Å². The molecule has 0 radical (unpaired) electrons. The predicted molar refractivity (Wildman–Crippen MR) is 124 cm³/mol. The number of nitrogens with zero attached hydrogens (tertiary/aromatic N) is 2. The molecule has 3 rings (SSSR count). The number of rotatable bonds is 9. The Hall–Kier alpha value is -4.00. The number of hydrogen-bond acceptors (Lipinski definition) is 4. The van der Waals surface area contributed by atoms with Crippen LogP contribution in [0.1, 0.15) is 45.7 Å². The summed E-state index contributed by atoms with van der Waals surface area (Å²) in [6.07, 6.45) is 3.14. The van der Waals surface area contributed by atoms with Gasteiger partial charge in [-0.15, -0.1) is 0 Å². The maximum absolute atomic E-state index is 13.2. The highest BCUT2D eigenvalue weighted by Gasteiger charge is 2.24. The summed E-state index contributed by atoms with van der Waals surface area (Å²) in [4.78, 5) is 43.1. The van der Waals surface area contributed by atoms with Gasteiger partial charge >= 0.3 is 5.97 Å². The smallest absolute Gasteiger partial charge is 0.326 e. The zero-order chi connectivity index (χ0) is 23.8. The number of carbonyl (C=O) groups is 3. The number of hydrogen-bond donors (Lipinski definition) is 2. The van der Waals surface area contributed by atoms with E-state index in [0.717, 1.165) is 11.1 Å². The molecule has 0 fully saturated rings. The fourth-order valence-electron chi connectivity index (χ4n) is 3.44. The van der Waals surface area contributed by atoms with Crippen LogP contribution in [0, 0.1) is 5.92 Å². The molecule has 7 nitrogen and oxygen atoms in total. The van der Waals surface area contributed by atoms with Gasteiger partial charge in [0.2, 0.25) is 0 Å². The van der Waals surface area contributed by atoms with Crippen molar-refractivity contribution in [1.82, 2.24) is 15.2 Å². The molecule has 0 aliphatic heterocycles. The standard InChI is InChI=1S/C26H27N3O4/c1-18(2)23(26(32)33)28-24(30)21-11-6-10-20(14-21)17-29(16-19-8-4-3-5-9-19)25(31)22-12-7-13-27-15-22/h3-15,18,23H,16-17H2,1-2H3,(H,28,30)(H,32,33)/t23-/m0/s1. The summed E-state index contributed by atoms with van der Waals surface area (Å²) in [7, 11) is 0. The third-order valence-corrected chi connectivity index (χ3v) is 5.19. The van der Waals surface area contributed by atoms with E-state index < -0.39 is 17.9 Å². The lowest BCUT2D eigenvalue weighted by Gasteiger charge is -2.23. The van der Waals surface area contributed by atoms with E-state index in [4.69, 9.17) is 0 Å². The second-order valence-corrected chi connectivity index (χ2v) is 8.12. The number of aliphatic carboxylic acids is 1. The summed E-state index contributed by atoms with van der Waals surface area (Å²) < 4.78 is 0. The Morgan fingerprint density at radius 1 is 0.909 bits per heavy atom. The first-order valence-corrected chi connectivity index (χ1v) is 10.7. The first-order valence-electron chi connectivity index (χ1n) is 10.7. The van der Waals surface area contributed by atoms with Crippen molar-refractivity contribution >= 4 is 17.8 Å². The van der Waals surface area contributed by atoms with E-state index in [1.807, 2.05) is 36.4 Å². The zero-order valence-electron chi connectivity index (χ0n) is 18.6. The van der Waals surface area contributed by atoms with Crippen LogP contribution in [-0.2, 0) is 17.9 Å². The van der Waals surface area contributed by atoms with E-state index in [1.165, 1.54) is 6.20 Å². The van der Waals surface area contributed by atoms with E-state index >= 15 is 0 Å². The molecule has 1 heterocycles. The molecule has 33 heavy (non-hydrogen) atoms. The minimum absolute atomic E-state index is 0.174. The quantitative estimate of drug-likeness (QED) is 0.522. The molecule has 1 atom stereocenters. The van der Waals surface area contributed by atoms with Crippen LogP contribution in [0.25, 0.3) is 0 Å². The third kappa shape index (κ3) is 6.49. The Morgan fingerprint density at radius 2 is 1.58 bits per heavy atom. The predicted octanol–water partition coefficient (Wildman–Crippen LogP) is 3.76. The van der Waals surface area contributed by atoms with Gasteiger partial charge in [-0.2, -0.15) is 0 Å². The van der Waals surface area contributed by atoms with E-state index in [0.29, 0.717) is 17.7 Å². The molecule has 0 spiro atoms. The van der Waals surface area contributed by atoms with Crippen LogP contribution in [0.15, 0.2) is 79.1 Å². The highest BCUT2D eigenvalue weighted by molar-refractivity contribution is 5.97. The van der Waals surface area contributed by atoms with E-state index in [-0.39, 0.29) is 18.4 Å². The molecule has 2 aromatic carbocycles. The van der Waals surface area contributed by atoms with Crippen LogP contribution < -0.4 is 5.32 Å². The summed E-state index contributed by atoms with van der Waals surface area (Å²) in [5.74, 6) is -1.97. The Morgan fingerprint density at radius 3 is 2.21 bits per heavy atom. The number of benzene rings is 2. The van der Waals surface area contributed by atoms with Gasteiger partial charge in [0.1, 0.15) is 6.04 Å². The van der Waals surface area contributed by atoms with Crippen LogP contribution in [0.3, 0.4) is 0 Å². The summed E-state index contributed by atoms with van der Waals surface area (Å²) in [6.45, 7) is 4.14. The molecule has 0 saturated heterocycles. The lowest BCUT2D eigenvalue weighted by Crippen LogP contribution is -2.44. The molecule has 0 bridgehead atoms. The molecular weight excluding hydrogens is 418 g/mol. The highest BCUT2D eigenvalue weighted by atomic mass is 16.4. The minimum atomic E-state index is -1.08. The number of pyridine rings is 1. The van der Waals surface area contributed by atoms with E-state index in [2.05, 4.69) is 10.3 Å². The first kappa shape index (κ1) is 23.7. The zero-order valence-corrected chi connectivity index (χ0v) is 18.6. The molecule has 0 aliphatic carbocycles. The van der Waals surface area contributed by atoms with E-state index in [9.17, 15) is 19.5 Å². The lowest BCUT2D eigenvalue weighted by molar-refractivity contribution is -0.140. The van der Waals surface area contributed by atoms with Crippen molar-refractivity contribution in [3.63, 3.8) is 0 Å². The molecule has 3 aromatic rings. The maximum Gasteiger partial charge on any atom is 0.326 e. The van der Waals surface area contributed by atoms with Crippen LogP contribution in [0.4, 0.5) is 0 Å². The Labute approximate surface area is 193 Å². The molecule has 0 unspecified atom stereocenters. The normalized spacial score (nSPS) is 11.6. The average Bonchev–Trinajstić information content (AvgIpc) is 2.82. The summed E-state index contributed by atoms with van der Waals surface area (Å²) in [5, 5.41) is 11.9. The second-order valence-electron chi connectivity index (χ2n) is 8.12. The fourth-order valence-corrected chi connectivity index (χ4v) is 3.44. The Bertz CT molecular complexity index is 1100. The van der Waals surface area contributed by atoms with Gasteiger partial charge in [0.25, 0.3) is 11.8 Å². The van der Waals surface area contributed by atoms with Crippen molar-refractivity contribution in [2.45, 2.75) is 33.0 Å². The number of carboxylic acids is 1. The van der Waals surface area contributed by atoms with Gasteiger partial charge in [0, 0.05) is 31.0 Å². The monoisotopic (exact) mass is 445 g/mol. The first-order chi connectivity index (χ1) is 15.8. The number of amides is 2. The molecule has 0 saturated carbocycles. The summed E-state index contributed by atoms with van der Waals surface area (Å²) in [5.41, 5.74) is 2.55. The molecule has 2 N–H and O–H groups in total. The fraction of sp³-hybridized carbons (Fsp3) is 0.231. The van der Waals surface area contributed by atoms with Crippen molar-refractivity contribution in [3.8, 4) is 0 Å². The van der Waals surface area contributed by atoms with Crippen molar-refractivity contribution in [2.24, 2.45) is 5.92 Å². The van der Waals surface area contributed by atoms with Gasteiger partial charge in [0.05, 0.1) is 5.56 Å². The molecule has 0 aliphatic rings. The molecule has 2 amide bonds. The molecule has 7 heteroatoms. The number of aromatic nitrogens is 1. The van der Waals surface area contributed by atoms with E-state index in [1.54, 1.807) is 55.3 Å². The Kier molecular flexibility index (Phi) is 7.91. The second kappa shape index (κ2) is 11.0. The molecular formula is C26H27N3O4. The molecule has 170 valence electrons. The number of carbonyl (C=O) groups excluding carboxylic acids is 2. The van der Waals surface area contributed by atoms with Gasteiger partial charge in [0.15, 0.2) is 0 Å². The third-order valence-electron chi connectivity index (χ3n) is 5.19. The van der Waals surface area contributed by atoms with Crippen molar-refractivity contribution < 1.29 is 19.5 Å². The van der Waals surface area contributed by atoms with Gasteiger partial charge in [-0.1, -0.05) is 56.3 Å². The Balaban J connectivity index is 1.83. The molecule has 1 aromatic heterocycles.